The van der Waals surface area contributed by atoms with E-state index in [2.05, 4.69) is 0 Å². The SMILES string of the molecule is Cc1ccc(B2OC(C)(C)C(C)(C)O2)c(C)c1CO. The third-order valence-corrected chi connectivity index (χ3v) is 4.54. The van der Waals surface area contributed by atoms with Crippen molar-refractivity contribution in [1.82, 2.24) is 0 Å². The third-order valence-electron chi connectivity index (χ3n) is 4.54. The van der Waals surface area contributed by atoms with Crippen molar-refractivity contribution in [1.29, 1.82) is 0 Å². The van der Waals surface area contributed by atoms with Gasteiger partial charge in [0, 0.05) is 0 Å². The van der Waals surface area contributed by atoms with E-state index in [1.807, 2.05) is 53.7 Å². The predicted octanol–water partition coefficient (Wildman–Crippen LogP) is 2.09. The first kappa shape index (κ1) is 14.6. The number of benzene rings is 1. The van der Waals surface area contributed by atoms with E-state index in [4.69, 9.17) is 9.31 Å². The van der Waals surface area contributed by atoms with Gasteiger partial charge in [-0.05, 0) is 63.7 Å². The van der Waals surface area contributed by atoms with Crippen molar-refractivity contribution in [2.75, 3.05) is 0 Å². The first-order valence-corrected chi connectivity index (χ1v) is 6.75. The van der Waals surface area contributed by atoms with Gasteiger partial charge in [-0.3, -0.25) is 0 Å². The first-order valence-electron chi connectivity index (χ1n) is 6.75. The number of rotatable bonds is 2. The van der Waals surface area contributed by atoms with Gasteiger partial charge in [0.15, 0.2) is 0 Å². The molecular formula is C15H23BO3. The fourth-order valence-electron chi connectivity index (χ4n) is 2.38. The smallest absolute Gasteiger partial charge is 0.399 e. The van der Waals surface area contributed by atoms with Crippen molar-refractivity contribution in [3.05, 3.63) is 28.8 Å². The molecule has 0 aliphatic carbocycles. The fraction of sp³-hybridized carbons (Fsp3) is 0.600. The Morgan fingerprint density at radius 2 is 1.58 bits per heavy atom. The molecule has 1 fully saturated rings. The summed E-state index contributed by atoms with van der Waals surface area (Å²) in [5.41, 5.74) is 3.45. The molecule has 2 rings (SSSR count). The number of aliphatic hydroxyl groups excluding tert-OH is 1. The Morgan fingerprint density at radius 1 is 1.05 bits per heavy atom. The first-order chi connectivity index (χ1) is 8.69. The van der Waals surface area contributed by atoms with Gasteiger partial charge in [-0.2, -0.15) is 0 Å². The van der Waals surface area contributed by atoms with Gasteiger partial charge in [0.25, 0.3) is 0 Å². The predicted molar refractivity (Wildman–Crippen MR) is 77.6 cm³/mol. The molecule has 0 radical (unpaired) electrons. The van der Waals surface area contributed by atoms with E-state index in [-0.39, 0.29) is 24.9 Å². The van der Waals surface area contributed by atoms with Crippen LogP contribution in [-0.4, -0.2) is 23.4 Å². The van der Waals surface area contributed by atoms with Crippen molar-refractivity contribution in [3.63, 3.8) is 0 Å². The van der Waals surface area contributed by atoms with Crippen LogP contribution < -0.4 is 5.46 Å². The van der Waals surface area contributed by atoms with E-state index in [1.165, 1.54) is 0 Å². The molecule has 0 spiro atoms. The molecule has 1 saturated heterocycles. The second-order valence-corrected chi connectivity index (χ2v) is 6.32. The summed E-state index contributed by atoms with van der Waals surface area (Å²) in [6.07, 6.45) is 0. The maximum Gasteiger partial charge on any atom is 0.495 e. The lowest BCUT2D eigenvalue weighted by Gasteiger charge is -2.32. The second kappa shape index (κ2) is 4.62. The maximum atomic E-state index is 9.49. The molecular weight excluding hydrogens is 239 g/mol. The Hall–Kier alpha value is -0.835. The summed E-state index contributed by atoms with van der Waals surface area (Å²) in [7, 11) is -0.365. The Labute approximate surface area is 116 Å². The largest absolute Gasteiger partial charge is 0.495 e. The van der Waals surface area contributed by atoms with Crippen LogP contribution in [0.4, 0.5) is 0 Å². The van der Waals surface area contributed by atoms with Gasteiger partial charge in [0.1, 0.15) is 0 Å². The van der Waals surface area contributed by atoms with Crippen LogP contribution in [0.5, 0.6) is 0 Å². The number of hydrogen-bond donors (Lipinski definition) is 1. The summed E-state index contributed by atoms with van der Waals surface area (Å²) in [6.45, 7) is 12.2. The van der Waals surface area contributed by atoms with Crippen molar-refractivity contribution in [3.8, 4) is 0 Å². The van der Waals surface area contributed by atoms with Crippen LogP contribution >= 0.6 is 0 Å². The number of aryl methyl sites for hydroxylation is 1. The average Bonchev–Trinajstić information content (AvgIpc) is 2.48. The van der Waals surface area contributed by atoms with Crippen LogP contribution in [0.1, 0.15) is 44.4 Å². The van der Waals surface area contributed by atoms with E-state index >= 15 is 0 Å². The number of aliphatic hydroxyl groups is 1. The monoisotopic (exact) mass is 262 g/mol. The molecule has 1 heterocycles. The zero-order chi connectivity index (χ0) is 14.4. The third kappa shape index (κ3) is 2.33. The fourth-order valence-corrected chi connectivity index (χ4v) is 2.38. The maximum absolute atomic E-state index is 9.49. The van der Waals surface area contributed by atoms with Crippen LogP contribution in [-0.2, 0) is 15.9 Å². The lowest BCUT2D eigenvalue weighted by Crippen LogP contribution is -2.41. The molecule has 1 aromatic carbocycles. The highest BCUT2D eigenvalue weighted by Crippen LogP contribution is 2.36. The highest BCUT2D eigenvalue weighted by molar-refractivity contribution is 6.62. The molecule has 104 valence electrons. The normalized spacial score (nSPS) is 20.9. The van der Waals surface area contributed by atoms with Crippen molar-refractivity contribution < 1.29 is 14.4 Å². The van der Waals surface area contributed by atoms with Crippen molar-refractivity contribution in [2.24, 2.45) is 0 Å². The summed E-state index contributed by atoms with van der Waals surface area (Å²) in [5.74, 6) is 0. The summed E-state index contributed by atoms with van der Waals surface area (Å²) in [6, 6.07) is 4.05. The van der Waals surface area contributed by atoms with Crippen molar-refractivity contribution >= 4 is 12.6 Å². The van der Waals surface area contributed by atoms with Crippen LogP contribution in [0.15, 0.2) is 12.1 Å². The molecule has 1 aliphatic heterocycles. The molecule has 0 saturated carbocycles. The molecule has 0 unspecified atom stereocenters. The zero-order valence-corrected chi connectivity index (χ0v) is 12.7. The van der Waals surface area contributed by atoms with Gasteiger partial charge in [-0.25, -0.2) is 0 Å². The zero-order valence-electron chi connectivity index (χ0n) is 12.7. The van der Waals surface area contributed by atoms with Gasteiger partial charge >= 0.3 is 7.12 Å². The molecule has 0 aromatic heterocycles. The minimum absolute atomic E-state index is 0.0466. The summed E-state index contributed by atoms with van der Waals surface area (Å²) in [4.78, 5) is 0. The van der Waals surface area contributed by atoms with Gasteiger partial charge in [0.2, 0.25) is 0 Å². The van der Waals surface area contributed by atoms with Gasteiger partial charge in [-0.1, -0.05) is 12.1 Å². The van der Waals surface area contributed by atoms with E-state index < -0.39 is 0 Å². The molecule has 0 bridgehead atoms. The van der Waals surface area contributed by atoms with E-state index in [0.717, 1.165) is 22.2 Å². The number of hydrogen-bond acceptors (Lipinski definition) is 3. The minimum atomic E-state index is -0.365. The quantitative estimate of drug-likeness (QED) is 0.829. The van der Waals surface area contributed by atoms with Gasteiger partial charge in [-0.15, -0.1) is 0 Å². The molecule has 19 heavy (non-hydrogen) atoms. The van der Waals surface area contributed by atoms with Gasteiger partial charge in [0.05, 0.1) is 17.8 Å². The van der Waals surface area contributed by atoms with E-state index in [0.29, 0.717) is 0 Å². The Morgan fingerprint density at radius 3 is 2.05 bits per heavy atom. The summed E-state index contributed by atoms with van der Waals surface area (Å²) < 4.78 is 12.1. The Kier molecular flexibility index (Phi) is 3.54. The molecule has 4 heteroatoms. The summed E-state index contributed by atoms with van der Waals surface area (Å²) >= 11 is 0. The minimum Gasteiger partial charge on any atom is -0.399 e. The molecule has 0 atom stereocenters. The van der Waals surface area contributed by atoms with Crippen LogP contribution in [0, 0.1) is 13.8 Å². The molecule has 3 nitrogen and oxygen atoms in total. The van der Waals surface area contributed by atoms with Crippen LogP contribution in [0.25, 0.3) is 0 Å². The second-order valence-electron chi connectivity index (χ2n) is 6.32. The Balaban J connectivity index is 2.40. The van der Waals surface area contributed by atoms with E-state index in [1.54, 1.807) is 0 Å². The summed E-state index contributed by atoms with van der Waals surface area (Å²) in [5, 5.41) is 9.49. The lowest BCUT2D eigenvalue weighted by atomic mass is 9.74. The highest BCUT2D eigenvalue weighted by Gasteiger charge is 2.52. The average molecular weight is 262 g/mol. The molecule has 0 amide bonds. The molecule has 1 N–H and O–H groups in total. The lowest BCUT2D eigenvalue weighted by molar-refractivity contribution is 0.00578. The van der Waals surface area contributed by atoms with Crippen LogP contribution in [0.3, 0.4) is 0 Å². The van der Waals surface area contributed by atoms with Gasteiger partial charge < -0.3 is 14.4 Å². The van der Waals surface area contributed by atoms with E-state index in [9.17, 15) is 5.11 Å². The van der Waals surface area contributed by atoms with Crippen molar-refractivity contribution in [2.45, 2.75) is 59.4 Å². The Bertz CT molecular complexity index is 478. The molecule has 1 aliphatic rings. The van der Waals surface area contributed by atoms with Crippen LogP contribution in [0.2, 0.25) is 0 Å². The highest BCUT2D eigenvalue weighted by atomic mass is 16.7. The topological polar surface area (TPSA) is 38.7 Å². The molecule has 1 aromatic rings. The standard InChI is InChI=1S/C15H23BO3/c1-10-7-8-13(11(2)12(10)9-17)16-18-14(3,4)15(5,6)19-16/h7-8,17H,9H2,1-6H3.